The number of aromatic nitrogens is 3. The monoisotopic (exact) mass is 439 g/mol. The van der Waals surface area contributed by atoms with Crippen molar-refractivity contribution in [1.29, 1.82) is 0 Å². The van der Waals surface area contributed by atoms with Crippen LogP contribution in [0.15, 0.2) is 42.1 Å². The summed E-state index contributed by atoms with van der Waals surface area (Å²) >= 11 is 0.681. The molecule has 2 rings (SSSR count). The van der Waals surface area contributed by atoms with E-state index >= 15 is 0 Å². The number of carboxylic acids is 1. The van der Waals surface area contributed by atoms with E-state index in [9.17, 15) is 23.1 Å². The number of benzene rings is 1. The van der Waals surface area contributed by atoms with Crippen LogP contribution >= 0.6 is 11.8 Å². The standard InChI is InChI=1S/C21H24F3N3O2S/c1-7-14(12(2)3)16-11-9-8-10-15(16)13(4)27-17(21(22,23)24)25-26-19(27)30-20(5,6)18(28)29/h7-12H,4H2,1-3,5-6H3,(H,28,29)/b14-7-. The van der Waals surface area contributed by atoms with Crippen molar-refractivity contribution in [3.05, 3.63) is 53.9 Å². The highest BCUT2D eigenvalue weighted by Gasteiger charge is 2.41. The van der Waals surface area contributed by atoms with Crippen LogP contribution in [0.25, 0.3) is 11.3 Å². The van der Waals surface area contributed by atoms with Crippen molar-refractivity contribution in [2.75, 3.05) is 0 Å². The Morgan fingerprint density at radius 3 is 2.23 bits per heavy atom. The molecule has 0 aliphatic rings. The van der Waals surface area contributed by atoms with Gasteiger partial charge in [0.2, 0.25) is 5.82 Å². The second-order valence-electron chi connectivity index (χ2n) is 7.45. The van der Waals surface area contributed by atoms with Crippen molar-refractivity contribution in [3.8, 4) is 0 Å². The van der Waals surface area contributed by atoms with Gasteiger partial charge in [0.15, 0.2) is 5.16 Å². The van der Waals surface area contributed by atoms with Gasteiger partial charge in [-0.25, -0.2) is 0 Å². The van der Waals surface area contributed by atoms with Crippen LogP contribution in [0.4, 0.5) is 13.2 Å². The summed E-state index contributed by atoms with van der Waals surface area (Å²) in [4.78, 5) is 11.5. The predicted molar refractivity (Wildman–Crippen MR) is 112 cm³/mol. The molecule has 1 aromatic heterocycles. The smallest absolute Gasteiger partial charge is 0.452 e. The average molecular weight is 440 g/mol. The maximum atomic E-state index is 13.7. The predicted octanol–water partition coefficient (Wildman–Crippen LogP) is 5.83. The van der Waals surface area contributed by atoms with Gasteiger partial charge in [0, 0.05) is 5.56 Å². The molecule has 0 bridgehead atoms. The van der Waals surface area contributed by atoms with Crippen molar-refractivity contribution in [2.24, 2.45) is 5.92 Å². The van der Waals surface area contributed by atoms with Gasteiger partial charge in [-0.3, -0.25) is 9.36 Å². The summed E-state index contributed by atoms with van der Waals surface area (Å²) in [5, 5.41) is 16.2. The number of aliphatic carboxylic acids is 1. The summed E-state index contributed by atoms with van der Waals surface area (Å²) in [6.07, 6.45) is -2.88. The highest BCUT2D eigenvalue weighted by molar-refractivity contribution is 8.01. The van der Waals surface area contributed by atoms with E-state index in [-0.39, 0.29) is 16.8 Å². The van der Waals surface area contributed by atoms with Crippen LogP contribution in [0, 0.1) is 5.92 Å². The van der Waals surface area contributed by atoms with Crippen LogP contribution in [-0.2, 0) is 11.0 Å². The Hall–Kier alpha value is -2.55. The van der Waals surface area contributed by atoms with Gasteiger partial charge in [0.1, 0.15) is 4.75 Å². The summed E-state index contributed by atoms with van der Waals surface area (Å²) in [5.74, 6) is -2.30. The molecule has 0 saturated carbocycles. The van der Waals surface area contributed by atoms with Gasteiger partial charge in [-0.15, -0.1) is 10.2 Å². The largest absolute Gasteiger partial charge is 0.480 e. The molecule has 9 heteroatoms. The number of nitrogens with zero attached hydrogens (tertiary/aromatic N) is 3. The van der Waals surface area contributed by atoms with Crippen LogP contribution in [0.5, 0.6) is 0 Å². The van der Waals surface area contributed by atoms with E-state index in [1.54, 1.807) is 18.2 Å². The maximum absolute atomic E-state index is 13.7. The molecule has 0 spiro atoms. The lowest BCUT2D eigenvalue weighted by Gasteiger charge is -2.22. The van der Waals surface area contributed by atoms with Gasteiger partial charge in [-0.2, -0.15) is 13.2 Å². The molecule has 2 aromatic rings. The first kappa shape index (κ1) is 23.7. The third kappa shape index (κ3) is 4.77. The Morgan fingerprint density at radius 1 is 1.20 bits per heavy atom. The van der Waals surface area contributed by atoms with Crippen molar-refractivity contribution in [2.45, 2.75) is 50.7 Å². The molecule has 30 heavy (non-hydrogen) atoms. The average Bonchev–Trinajstić information content (AvgIpc) is 3.05. The summed E-state index contributed by atoms with van der Waals surface area (Å²) in [7, 11) is 0. The molecule has 1 N–H and O–H groups in total. The van der Waals surface area contributed by atoms with Crippen molar-refractivity contribution in [1.82, 2.24) is 14.8 Å². The molecule has 0 saturated heterocycles. The first-order valence-corrected chi connectivity index (χ1v) is 10.0. The summed E-state index contributed by atoms with van der Waals surface area (Å²) in [6, 6.07) is 7.02. The van der Waals surface area contributed by atoms with Gasteiger partial charge in [-0.05, 0) is 37.8 Å². The third-order valence-electron chi connectivity index (χ3n) is 4.50. The molecule has 0 amide bonds. The van der Waals surface area contributed by atoms with E-state index in [1.807, 2.05) is 32.9 Å². The first-order chi connectivity index (χ1) is 13.8. The second-order valence-corrected chi connectivity index (χ2v) is 9.04. The minimum Gasteiger partial charge on any atom is -0.480 e. The Bertz CT molecular complexity index is 992. The van der Waals surface area contributed by atoms with Crippen molar-refractivity contribution in [3.63, 3.8) is 0 Å². The summed E-state index contributed by atoms with van der Waals surface area (Å²) < 4.78 is 40.4. The second kappa shape index (κ2) is 8.67. The summed E-state index contributed by atoms with van der Waals surface area (Å²) in [5.41, 5.74) is 2.20. The number of halogens is 3. The SMILES string of the molecule is C=C(c1ccccc1/C(=C\C)C(C)C)n1c(SC(C)(C)C(=O)O)nnc1C(F)(F)F. The number of hydrogen-bond acceptors (Lipinski definition) is 4. The van der Waals surface area contributed by atoms with E-state index < -0.39 is 22.7 Å². The zero-order valence-electron chi connectivity index (χ0n) is 17.4. The molecule has 1 aromatic carbocycles. The Kier molecular flexibility index (Phi) is 6.86. The van der Waals surface area contributed by atoms with E-state index in [4.69, 9.17) is 0 Å². The number of rotatable bonds is 7. The molecule has 0 fully saturated rings. The van der Waals surface area contributed by atoms with Gasteiger partial charge in [-0.1, -0.05) is 62.5 Å². The number of allylic oxidation sites excluding steroid dienone is 2. The van der Waals surface area contributed by atoms with E-state index in [0.717, 1.165) is 15.7 Å². The maximum Gasteiger partial charge on any atom is 0.452 e. The lowest BCUT2D eigenvalue weighted by Crippen LogP contribution is -2.28. The third-order valence-corrected chi connectivity index (χ3v) is 5.63. The molecule has 0 aliphatic carbocycles. The first-order valence-electron chi connectivity index (χ1n) is 9.21. The van der Waals surface area contributed by atoms with Crippen molar-refractivity contribution >= 4 is 29.0 Å². The number of thioether (sulfide) groups is 1. The van der Waals surface area contributed by atoms with Crippen LogP contribution in [0.3, 0.4) is 0 Å². The van der Waals surface area contributed by atoms with Crippen LogP contribution in [0.2, 0.25) is 0 Å². The molecular weight excluding hydrogens is 415 g/mol. The molecule has 162 valence electrons. The number of carboxylic acid groups (broad SMARTS) is 1. The lowest BCUT2D eigenvalue weighted by molar-refractivity contribution is -0.146. The Labute approximate surface area is 177 Å². The topological polar surface area (TPSA) is 68.0 Å². The molecule has 0 aliphatic heterocycles. The Balaban J connectivity index is 2.71. The van der Waals surface area contributed by atoms with Gasteiger partial charge < -0.3 is 5.11 Å². The van der Waals surface area contributed by atoms with Gasteiger partial charge in [0.25, 0.3) is 0 Å². The minimum atomic E-state index is -4.79. The van der Waals surface area contributed by atoms with E-state index in [2.05, 4.69) is 16.8 Å². The van der Waals surface area contributed by atoms with Crippen molar-refractivity contribution < 1.29 is 23.1 Å². The number of hydrogen-bond donors (Lipinski definition) is 1. The molecule has 0 radical (unpaired) electrons. The zero-order chi connectivity index (χ0) is 22.9. The van der Waals surface area contributed by atoms with Crippen LogP contribution < -0.4 is 0 Å². The summed E-state index contributed by atoms with van der Waals surface area (Å²) in [6.45, 7) is 12.5. The number of alkyl halides is 3. The van der Waals surface area contributed by atoms with Crippen LogP contribution in [0.1, 0.15) is 51.6 Å². The fraction of sp³-hybridized carbons (Fsp3) is 0.381. The highest BCUT2D eigenvalue weighted by Crippen LogP contribution is 2.39. The Morgan fingerprint density at radius 2 is 1.77 bits per heavy atom. The van der Waals surface area contributed by atoms with Gasteiger partial charge in [0.05, 0.1) is 5.70 Å². The fourth-order valence-electron chi connectivity index (χ4n) is 2.94. The minimum absolute atomic E-state index is 0.0200. The highest BCUT2D eigenvalue weighted by atomic mass is 32.2. The molecular formula is C21H24F3N3O2S. The molecule has 1 heterocycles. The number of carbonyl (C=O) groups is 1. The van der Waals surface area contributed by atoms with E-state index in [1.165, 1.54) is 13.8 Å². The fourth-order valence-corrected chi connectivity index (χ4v) is 3.85. The van der Waals surface area contributed by atoms with E-state index in [0.29, 0.717) is 17.3 Å². The molecule has 5 nitrogen and oxygen atoms in total. The quantitative estimate of drug-likeness (QED) is 0.550. The molecule has 0 atom stereocenters. The molecule has 0 unspecified atom stereocenters. The normalized spacial score (nSPS) is 13.0. The zero-order valence-corrected chi connectivity index (χ0v) is 18.2. The lowest BCUT2D eigenvalue weighted by atomic mass is 9.90. The van der Waals surface area contributed by atoms with Crippen LogP contribution in [-0.4, -0.2) is 30.6 Å². The van der Waals surface area contributed by atoms with Gasteiger partial charge >= 0.3 is 12.1 Å².